The van der Waals surface area contributed by atoms with E-state index in [0.717, 1.165) is 35.3 Å². The standard InChI is InChI=1S/C21H18BClF3N5O2S/c22-16-12-28-31-19(11-18(30-20(16)31)15-3-1-2-4-17(15)23)27-9-10-29-34(32,33)14-7-5-13(6-8-14)21(24,25)26/h1-8,11-12,27,29H,9-10,22H2. The van der Waals surface area contributed by atoms with Gasteiger partial charge in [-0.3, -0.25) is 0 Å². The van der Waals surface area contributed by atoms with Crippen LogP contribution in [0.25, 0.3) is 16.9 Å². The summed E-state index contributed by atoms with van der Waals surface area (Å²) < 4.78 is 67.0. The fraction of sp³-hybridized carbons (Fsp3) is 0.143. The monoisotopic (exact) mass is 507 g/mol. The maximum Gasteiger partial charge on any atom is 0.416 e. The Labute approximate surface area is 199 Å². The summed E-state index contributed by atoms with van der Waals surface area (Å²) in [4.78, 5) is 4.39. The molecule has 34 heavy (non-hydrogen) atoms. The first kappa shape index (κ1) is 24.1. The number of anilines is 1. The van der Waals surface area contributed by atoms with E-state index in [-0.39, 0.29) is 18.0 Å². The van der Waals surface area contributed by atoms with Gasteiger partial charge in [-0.1, -0.05) is 29.8 Å². The molecule has 0 radical (unpaired) electrons. The van der Waals surface area contributed by atoms with Gasteiger partial charge in [-0.05, 0) is 35.8 Å². The molecule has 0 fully saturated rings. The summed E-state index contributed by atoms with van der Waals surface area (Å²) in [6, 6.07) is 12.3. The summed E-state index contributed by atoms with van der Waals surface area (Å²) in [5.74, 6) is 0.571. The third-order valence-electron chi connectivity index (χ3n) is 5.01. The fourth-order valence-electron chi connectivity index (χ4n) is 3.29. The summed E-state index contributed by atoms with van der Waals surface area (Å²) in [5, 5.41) is 7.97. The van der Waals surface area contributed by atoms with E-state index in [4.69, 9.17) is 11.6 Å². The molecule has 0 spiro atoms. The van der Waals surface area contributed by atoms with Crippen molar-refractivity contribution >= 4 is 46.4 Å². The predicted octanol–water partition coefficient (Wildman–Crippen LogP) is 2.72. The number of sulfonamides is 1. The Hall–Kier alpha value is -3.09. The van der Waals surface area contributed by atoms with E-state index in [1.54, 1.807) is 22.8 Å². The largest absolute Gasteiger partial charge is 0.416 e. The number of aromatic nitrogens is 3. The molecule has 2 heterocycles. The normalized spacial score (nSPS) is 12.2. The van der Waals surface area contributed by atoms with Crippen molar-refractivity contribution in [2.75, 3.05) is 18.4 Å². The Morgan fingerprint density at radius 2 is 1.76 bits per heavy atom. The van der Waals surface area contributed by atoms with Crippen LogP contribution in [0.5, 0.6) is 0 Å². The fourth-order valence-corrected chi connectivity index (χ4v) is 4.55. The first-order valence-electron chi connectivity index (χ1n) is 10.1. The Morgan fingerprint density at radius 1 is 1.06 bits per heavy atom. The van der Waals surface area contributed by atoms with Gasteiger partial charge in [0.2, 0.25) is 10.0 Å². The number of nitrogens with zero attached hydrogens (tertiary/aromatic N) is 3. The molecule has 0 bridgehead atoms. The van der Waals surface area contributed by atoms with Crippen molar-refractivity contribution in [3.8, 4) is 11.3 Å². The molecule has 7 nitrogen and oxygen atoms in total. The van der Waals surface area contributed by atoms with Gasteiger partial charge in [0.1, 0.15) is 13.7 Å². The average molecular weight is 508 g/mol. The maximum atomic E-state index is 12.7. The van der Waals surface area contributed by atoms with Crippen molar-refractivity contribution in [3.63, 3.8) is 0 Å². The highest BCUT2D eigenvalue weighted by Gasteiger charge is 2.30. The molecule has 13 heteroatoms. The van der Waals surface area contributed by atoms with E-state index in [2.05, 4.69) is 20.1 Å². The smallest absolute Gasteiger partial charge is 0.369 e. The highest BCUT2D eigenvalue weighted by Crippen LogP contribution is 2.30. The van der Waals surface area contributed by atoms with Gasteiger partial charge in [0, 0.05) is 35.9 Å². The second-order valence-corrected chi connectivity index (χ2v) is 9.59. The molecule has 2 aromatic carbocycles. The predicted molar refractivity (Wildman–Crippen MR) is 127 cm³/mol. The number of rotatable bonds is 7. The number of alkyl halides is 3. The molecule has 0 aliphatic rings. The number of nitrogens with one attached hydrogen (secondary N) is 2. The molecule has 2 N–H and O–H groups in total. The molecular formula is C21H18BClF3N5O2S. The minimum Gasteiger partial charge on any atom is -0.369 e. The number of hydrogen-bond acceptors (Lipinski definition) is 5. The minimum absolute atomic E-state index is 0.0190. The van der Waals surface area contributed by atoms with Crippen LogP contribution in [0.3, 0.4) is 0 Å². The second-order valence-electron chi connectivity index (χ2n) is 7.42. The Balaban J connectivity index is 1.49. The zero-order chi connectivity index (χ0) is 24.5. The summed E-state index contributed by atoms with van der Waals surface area (Å²) in [6.07, 6.45) is -2.87. The van der Waals surface area contributed by atoms with Crippen molar-refractivity contribution in [1.82, 2.24) is 19.3 Å². The molecule has 0 amide bonds. The van der Waals surface area contributed by atoms with Gasteiger partial charge in [-0.2, -0.15) is 22.8 Å². The third kappa shape index (κ3) is 5.03. The zero-order valence-corrected chi connectivity index (χ0v) is 19.3. The van der Waals surface area contributed by atoms with Gasteiger partial charge in [0.25, 0.3) is 0 Å². The highest BCUT2D eigenvalue weighted by molar-refractivity contribution is 7.89. The first-order valence-corrected chi connectivity index (χ1v) is 11.9. The third-order valence-corrected chi connectivity index (χ3v) is 6.82. The van der Waals surface area contributed by atoms with Crippen LogP contribution in [-0.2, 0) is 16.2 Å². The van der Waals surface area contributed by atoms with Crippen molar-refractivity contribution in [1.29, 1.82) is 0 Å². The molecule has 4 aromatic rings. The zero-order valence-electron chi connectivity index (χ0n) is 17.8. The van der Waals surface area contributed by atoms with Crippen LogP contribution in [0, 0.1) is 0 Å². The van der Waals surface area contributed by atoms with Crippen LogP contribution in [0.2, 0.25) is 5.02 Å². The lowest BCUT2D eigenvalue weighted by Gasteiger charge is -2.13. The summed E-state index contributed by atoms with van der Waals surface area (Å²) in [5.41, 5.74) is 1.90. The Morgan fingerprint density at radius 3 is 2.44 bits per heavy atom. The molecule has 176 valence electrons. The molecule has 0 atom stereocenters. The van der Waals surface area contributed by atoms with Crippen molar-refractivity contribution in [2.24, 2.45) is 0 Å². The van der Waals surface area contributed by atoms with Gasteiger partial charge in [0.15, 0.2) is 5.65 Å². The summed E-state index contributed by atoms with van der Waals surface area (Å²) in [6.45, 7) is 0.161. The minimum atomic E-state index is -4.54. The van der Waals surface area contributed by atoms with Gasteiger partial charge in [0.05, 0.1) is 16.2 Å². The van der Waals surface area contributed by atoms with Crippen molar-refractivity contribution in [2.45, 2.75) is 11.1 Å². The molecular weight excluding hydrogens is 490 g/mol. The molecule has 0 aliphatic carbocycles. The van der Waals surface area contributed by atoms with E-state index in [1.165, 1.54) is 0 Å². The lowest BCUT2D eigenvalue weighted by molar-refractivity contribution is -0.137. The molecule has 0 aliphatic heterocycles. The van der Waals surface area contributed by atoms with Crippen molar-refractivity contribution < 1.29 is 21.6 Å². The van der Waals surface area contributed by atoms with Crippen LogP contribution in [0.15, 0.2) is 65.7 Å². The quantitative estimate of drug-likeness (QED) is 0.297. The second kappa shape index (κ2) is 9.28. The SMILES string of the molecule is Bc1cnn2c(NCCNS(=O)(=O)c3ccc(C(F)(F)F)cc3)cc(-c3ccccc3Cl)nc12. The van der Waals surface area contributed by atoms with E-state index in [0.29, 0.717) is 22.2 Å². The van der Waals surface area contributed by atoms with E-state index < -0.39 is 21.8 Å². The number of hydrogen-bond donors (Lipinski definition) is 2. The molecule has 0 unspecified atom stereocenters. The van der Waals surface area contributed by atoms with Crippen LogP contribution in [-0.4, -0.2) is 44.0 Å². The maximum absolute atomic E-state index is 12.7. The van der Waals surface area contributed by atoms with Crippen LogP contribution in [0.1, 0.15) is 5.56 Å². The van der Waals surface area contributed by atoms with Crippen LogP contribution >= 0.6 is 11.6 Å². The molecule has 2 aromatic heterocycles. The summed E-state index contributed by atoms with van der Waals surface area (Å²) in [7, 11) is -2.11. The number of halogens is 4. The molecule has 0 saturated heterocycles. The van der Waals surface area contributed by atoms with Crippen molar-refractivity contribution in [3.05, 3.63) is 71.4 Å². The van der Waals surface area contributed by atoms with E-state index in [1.807, 2.05) is 26.0 Å². The van der Waals surface area contributed by atoms with Gasteiger partial charge in [-0.15, -0.1) is 0 Å². The van der Waals surface area contributed by atoms with Crippen LogP contribution in [0.4, 0.5) is 19.0 Å². The lowest BCUT2D eigenvalue weighted by Crippen LogP contribution is -2.29. The van der Waals surface area contributed by atoms with E-state index >= 15 is 0 Å². The topological polar surface area (TPSA) is 88.4 Å². The Kier molecular flexibility index (Phi) is 6.56. The Bertz CT molecular complexity index is 1440. The van der Waals surface area contributed by atoms with E-state index in [9.17, 15) is 21.6 Å². The molecule has 0 saturated carbocycles. The van der Waals surface area contributed by atoms with Gasteiger partial charge in [-0.25, -0.2) is 18.1 Å². The summed E-state index contributed by atoms with van der Waals surface area (Å²) >= 11 is 6.32. The number of fused-ring (bicyclic) bond motifs is 1. The van der Waals surface area contributed by atoms with Crippen LogP contribution < -0.4 is 15.5 Å². The highest BCUT2D eigenvalue weighted by atomic mass is 35.5. The number of benzene rings is 2. The van der Waals surface area contributed by atoms with Gasteiger partial charge < -0.3 is 5.32 Å². The lowest BCUT2D eigenvalue weighted by atomic mass is 10.0. The van der Waals surface area contributed by atoms with Gasteiger partial charge >= 0.3 is 6.18 Å². The first-order chi connectivity index (χ1) is 16.1. The molecule has 4 rings (SSSR count). The average Bonchev–Trinajstić information content (AvgIpc) is 3.17.